The fourth-order valence-corrected chi connectivity index (χ4v) is 7.04. The lowest BCUT2D eigenvalue weighted by atomic mass is 9.77. The number of ether oxygens (including phenoxy) is 1. The van der Waals surface area contributed by atoms with Crippen LogP contribution in [-0.4, -0.2) is 64.2 Å². The van der Waals surface area contributed by atoms with E-state index in [1.807, 2.05) is 26.0 Å². The van der Waals surface area contributed by atoms with Gasteiger partial charge in [-0.1, -0.05) is 50.3 Å². The maximum absolute atomic E-state index is 14.0. The lowest BCUT2D eigenvalue weighted by molar-refractivity contribution is -0.128. The van der Waals surface area contributed by atoms with Crippen molar-refractivity contribution in [2.45, 2.75) is 142 Å². The van der Waals surface area contributed by atoms with Crippen molar-refractivity contribution in [3.8, 4) is 0 Å². The number of hydrogen-bond acceptors (Lipinski definition) is 5. The number of carbonyl (C=O) groups is 3. The molecule has 8 nitrogen and oxygen atoms in total. The van der Waals surface area contributed by atoms with Crippen LogP contribution < -0.4 is 16.0 Å². The number of benzene rings is 2. The van der Waals surface area contributed by atoms with Crippen LogP contribution in [-0.2, 0) is 27.2 Å². The Bertz CT molecular complexity index is 1430. The molecule has 3 rings (SSSR count). The van der Waals surface area contributed by atoms with Crippen LogP contribution >= 0.6 is 0 Å². The van der Waals surface area contributed by atoms with E-state index in [-0.39, 0.29) is 72.2 Å². The molecule has 1 heterocycles. The number of rotatable bonds is 14. The maximum Gasteiger partial charge on any atom is 0.408 e. The molecule has 0 unspecified atom stereocenters. The first-order valence-corrected chi connectivity index (χ1v) is 18.1. The van der Waals surface area contributed by atoms with E-state index in [4.69, 9.17) is 4.74 Å². The van der Waals surface area contributed by atoms with Crippen LogP contribution in [0.1, 0.15) is 106 Å². The van der Waals surface area contributed by atoms with Crippen LogP contribution in [0.25, 0.3) is 0 Å². The van der Waals surface area contributed by atoms with E-state index in [0.29, 0.717) is 6.42 Å². The summed E-state index contributed by atoms with van der Waals surface area (Å²) in [5.74, 6) is -1.09. The predicted octanol–water partition coefficient (Wildman–Crippen LogP) is 7.65. The van der Waals surface area contributed by atoms with Gasteiger partial charge in [0.15, 0.2) is 0 Å². The summed E-state index contributed by atoms with van der Waals surface area (Å²) in [4.78, 5) is 42.2. The van der Waals surface area contributed by atoms with Gasteiger partial charge in [-0.05, 0) is 129 Å². The molecule has 51 heavy (non-hydrogen) atoms. The Morgan fingerprint density at radius 3 is 1.78 bits per heavy atom. The Kier molecular flexibility index (Phi) is 14.0. The zero-order valence-electron chi connectivity index (χ0n) is 32.3. The minimum Gasteiger partial charge on any atom is -0.444 e. The molecule has 0 saturated carbocycles. The summed E-state index contributed by atoms with van der Waals surface area (Å²) in [7, 11) is 2.11. The molecular weight excluding hydrogens is 650 g/mol. The summed E-state index contributed by atoms with van der Waals surface area (Å²) < 4.78 is 33.5. The smallest absolute Gasteiger partial charge is 0.408 e. The molecule has 1 fully saturated rings. The Morgan fingerprint density at radius 2 is 1.33 bits per heavy atom. The minimum atomic E-state index is -1.09. The second-order valence-electron chi connectivity index (χ2n) is 16.9. The highest BCUT2D eigenvalue weighted by Crippen LogP contribution is 2.37. The van der Waals surface area contributed by atoms with Gasteiger partial charge in [0.1, 0.15) is 17.2 Å². The molecule has 2 aromatic carbocycles. The number of amides is 3. The zero-order chi connectivity index (χ0) is 38.2. The van der Waals surface area contributed by atoms with E-state index in [9.17, 15) is 23.2 Å². The summed E-state index contributed by atoms with van der Waals surface area (Å²) in [6, 6.07) is 11.7. The summed E-state index contributed by atoms with van der Waals surface area (Å²) in [5.41, 5.74) is -0.463. The van der Waals surface area contributed by atoms with Gasteiger partial charge in [-0.3, -0.25) is 14.5 Å². The van der Waals surface area contributed by atoms with Crippen molar-refractivity contribution >= 4 is 17.9 Å². The quantitative estimate of drug-likeness (QED) is 0.175. The van der Waals surface area contributed by atoms with E-state index in [2.05, 4.69) is 55.6 Å². The van der Waals surface area contributed by atoms with Gasteiger partial charge in [0, 0.05) is 30.0 Å². The SMILES string of the molecule is CC(C)C[C@@H](/C=C/C(Cc1ccc(F)cc1)(Cc1ccc(F)cc1)NC(=O)CCC(=O)NC1CC(C)(C)N(C)C(C)(C)C1)NC(=O)OC(C)(C)C. The Balaban J connectivity index is 1.92. The van der Waals surface area contributed by atoms with Gasteiger partial charge in [0.05, 0.1) is 11.6 Å². The maximum atomic E-state index is 14.0. The van der Waals surface area contributed by atoms with Crippen molar-refractivity contribution in [2.24, 2.45) is 5.92 Å². The molecular formula is C41H60F2N4O4. The van der Waals surface area contributed by atoms with Crippen molar-refractivity contribution in [3.63, 3.8) is 0 Å². The number of hydrogen-bond donors (Lipinski definition) is 3. The van der Waals surface area contributed by atoms with Gasteiger partial charge in [0.25, 0.3) is 0 Å². The first-order chi connectivity index (χ1) is 23.6. The molecule has 3 N–H and O–H groups in total. The molecule has 1 aliphatic heterocycles. The molecule has 10 heteroatoms. The number of carbonyl (C=O) groups excluding carboxylic acids is 3. The van der Waals surface area contributed by atoms with Crippen LogP contribution in [0.3, 0.4) is 0 Å². The van der Waals surface area contributed by atoms with Crippen molar-refractivity contribution < 1.29 is 27.9 Å². The largest absolute Gasteiger partial charge is 0.444 e. The first kappa shape index (κ1) is 41.6. The summed E-state index contributed by atoms with van der Waals surface area (Å²) in [6.45, 7) is 18.2. The van der Waals surface area contributed by atoms with Gasteiger partial charge in [-0.25, -0.2) is 13.6 Å². The third kappa shape index (κ3) is 13.7. The lowest BCUT2D eigenvalue weighted by Gasteiger charge is -2.53. The third-order valence-electron chi connectivity index (χ3n) is 9.58. The number of piperidine rings is 1. The van der Waals surface area contributed by atoms with Crippen LogP contribution in [0.5, 0.6) is 0 Å². The molecule has 282 valence electrons. The third-order valence-corrected chi connectivity index (χ3v) is 9.58. The second kappa shape index (κ2) is 17.2. The van der Waals surface area contributed by atoms with Crippen molar-refractivity contribution in [1.82, 2.24) is 20.9 Å². The molecule has 3 amide bonds. The van der Waals surface area contributed by atoms with Gasteiger partial charge >= 0.3 is 6.09 Å². The van der Waals surface area contributed by atoms with Gasteiger partial charge < -0.3 is 20.7 Å². The van der Waals surface area contributed by atoms with Gasteiger partial charge in [-0.15, -0.1) is 0 Å². The van der Waals surface area contributed by atoms with E-state index in [1.165, 1.54) is 24.3 Å². The van der Waals surface area contributed by atoms with Crippen molar-refractivity contribution in [1.29, 1.82) is 0 Å². The molecule has 0 spiro atoms. The summed E-state index contributed by atoms with van der Waals surface area (Å²) >= 11 is 0. The van der Waals surface area contributed by atoms with Crippen LogP contribution in [0.15, 0.2) is 60.7 Å². The normalized spacial score (nSPS) is 17.3. The number of nitrogens with one attached hydrogen (secondary N) is 3. The average Bonchev–Trinajstić information content (AvgIpc) is 2.98. The number of halogens is 2. The zero-order valence-corrected chi connectivity index (χ0v) is 32.3. The van der Waals surface area contributed by atoms with E-state index in [1.54, 1.807) is 45.0 Å². The number of alkyl carbamates (subject to hydrolysis) is 1. The van der Waals surface area contributed by atoms with Crippen LogP contribution in [0.2, 0.25) is 0 Å². The minimum absolute atomic E-state index is 0.00208. The number of likely N-dealkylation sites (tertiary alicyclic amines) is 1. The van der Waals surface area contributed by atoms with Crippen molar-refractivity contribution in [3.05, 3.63) is 83.4 Å². The van der Waals surface area contributed by atoms with Crippen LogP contribution in [0.4, 0.5) is 13.6 Å². The lowest BCUT2D eigenvalue weighted by Crippen LogP contribution is -2.62. The predicted molar refractivity (Wildman–Crippen MR) is 199 cm³/mol. The van der Waals surface area contributed by atoms with Crippen molar-refractivity contribution in [2.75, 3.05) is 7.05 Å². The molecule has 0 aliphatic carbocycles. The Labute approximate surface area is 304 Å². The fourth-order valence-electron chi connectivity index (χ4n) is 7.04. The Hall–Kier alpha value is -3.79. The van der Waals surface area contributed by atoms with E-state index < -0.39 is 23.3 Å². The fraction of sp³-hybridized carbons (Fsp3) is 0.585. The van der Waals surface area contributed by atoms with Gasteiger partial charge in [-0.2, -0.15) is 0 Å². The molecule has 1 atom stereocenters. The molecule has 0 bridgehead atoms. The Morgan fingerprint density at radius 1 is 0.863 bits per heavy atom. The number of nitrogens with zero attached hydrogens (tertiary/aromatic N) is 1. The highest BCUT2D eigenvalue weighted by molar-refractivity contribution is 5.84. The highest BCUT2D eigenvalue weighted by Gasteiger charge is 2.43. The summed E-state index contributed by atoms with van der Waals surface area (Å²) in [6.07, 6.45) is 5.81. The first-order valence-electron chi connectivity index (χ1n) is 18.1. The molecule has 0 aromatic heterocycles. The highest BCUT2D eigenvalue weighted by atomic mass is 19.1. The molecule has 1 saturated heterocycles. The molecule has 2 aromatic rings. The van der Waals surface area contributed by atoms with E-state index >= 15 is 0 Å². The molecule has 0 radical (unpaired) electrons. The topological polar surface area (TPSA) is 99.8 Å². The summed E-state index contributed by atoms with van der Waals surface area (Å²) in [5, 5.41) is 9.32. The average molecular weight is 711 g/mol. The second-order valence-corrected chi connectivity index (χ2v) is 16.9. The van der Waals surface area contributed by atoms with Gasteiger partial charge in [0.2, 0.25) is 11.8 Å². The molecule has 1 aliphatic rings. The monoisotopic (exact) mass is 710 g/mol. The standard InChI is InChI=1S/C41H60F2N4O4/c1-28(2)23-33(45-37(50)51-38(3,4)5)21-22-41(24-29-11-15-31(42)16-12-29,25-30-13-17-32(43)18-14-30)46-36(49)20-19-35(48)44-34-26-39(6,7)47(10)40(8,9)27-34/h11-18,21-22,28,33-34H,19-20,23-27H2,1-10H3,(H,44,48)(H,45,50)(H,46,49)/b22-21+/t33-/m1/s1. The van der Waals surface area contributed by atoms with Crippen LogP contribution in [0, 0.1) is 17.6 Å². The van der Waals surface area contributed by atoms with E-state index in [0.717, 1.165) is 24.0 Å².